The van der Waals surface area contributed by atoms with Crippen molar-refractivity contribution in [2.24, 2.45) is 26.6 Å². The number of aliphatic imine (C=N–C) groups is 3. The summed E-state index contributed by atoms with van der Waals surface area (Å²) in [5.41, 5.74) is 10.1. The minimum Gasteiger partial charge on any atom is -0.498 e. The second-order valence-electron chi connectivity index (χ2n) is 5.74. The van der Waals surface area contributed by atoms with Crippen LogP contribution in [0.1, 0.15) is 32.6 Å². The molecule has 2 N–H and O–H groups in total. The second-order valence-corrected chi connectivity index (χ2v) is 5.74. The Morgan fingerprint density at radius 1 is 1.58 bits per heavy atom. The van der Waals surface area contributed by atoms with Gasteiger partial charge in [-0.05, 0) is 38.5 Å². The molecule has 1 heterocycles. The Bertz CT molecular complexity index is 677. The summed E-state index contributed by atoms with van der Waals surface area (Å²) in [4.78, 5) is 12.3. The van der Waals surface area contributed by atoms with Gasteiger partial charge in [-0.1, -0.05) is 12.2 Å². The fraction of sp³-hybridized carbons (Fsp3) is 0.444. The predicted molar refractivity (Wildman–Crippen MR) is 95.9 cm³/mol. The molecule has 1 atom stereocenters. The fourth-order valence-corrected chi connectivity index (χ4v) is 2.45. The fourth-order valence-electron chi connectivity index (χ4n) is 2.45. The number of ether oxygens (including phenoxy) is 1. The molecule has 0 radical (unpaired) electrons. The van der Waals surface area contributed by atoms with Gasteiger partial charge in [0.25, 0.3) is 0 Å². The van der Waals surface area contributed by atoms with Gasteiger partial charge < -0.3 is 10.5 Å². The van der Waals surface area contributed by atoms with Crippen molar-refractivity contribution in [3.63, 3.8) is 0 Å². The lowest BCUT2D eigenvalue weighted by atomic mass is 9.80. The van der Waals surface area contributed by atoms with E-state index in [1.54, 1.807) is 13.0 Å². The maximum atomic E-state index is 14.8. The van der Waals surface area contributed by atoms with Gasteiger partial charge in [-0.25, -0.2) is 4.39 Å². The molecule has 0 saturated heterocycles. The van der Waals surface area contributed by atoms with E-state index in [9.17, 15) is 4.39 Å². The molecule has 0 aromatic heterocycles. The Labute approximate surface area is 141 Å². The van der Waals surface area contributed by atoms with E-state index in [-0.39, 0.29) is 11.3 Å². The Balaban J connectivity index is 2.33. The van der Waals surface area contributed by atoms with Crippen molar-refractivity contribution in [1.82, 2.24) is 0 Å². The molecule has 1 unspecified atom stereocenters. The summed E-state index contributed by atoms with van der Waals surface area (Å²) < 4.78 is 20.1. The van der Waals surface area contributed by atoms with Gasteiger partial charge in [0, 0.05) is 18.3 Å². The Hall–Kier alpha value is -2.30. The number of nitrogens with zero attached hydrogens (tertiary/aromatic N) is 3. The first-order chi connectivity index (χ1) is 11.6. The van der Waals surface area contributed by atoms with Gasteiger partial charge in [-0.2, -0.15) is 0 Å². The van der Waals surface area contributed by atoms with Crippen LogP contribution in [0.15, 0.2) is 56.3 Å². The van der Waals surface area contributed by atoms with Gasteiger partial charge in [0.15, 0.2) is 5.83 Å². The molecule has 0 spiro atoms. The first kappa shape index (κ1) is 18.0. The molecule has 1 fully saturated rings. The SMILES string of the molecule is C=NC(N)C=CN=C(C)C1=C=CN=C(C2CCC2)CC(OC)=C1F. The van der Waals surface area contributed by atoms with Gasteiger partial charge in [0.1, 0.15) is 11.9 Å². The third kappa shape index (κ3) is 4.37. The Morgan fingerprint density at radius 2 is 2.33 bits per heavy atom. The van der Waals surface area contributed by atoms with Crippen LogP contribution >= 0.6 is 0 Å². The van der Waals surface area contributed by atoms with E-state index < -0.39 is 12.0 Å². The molecule has 2 rings (SSSR count). The average molecular weight is 330 g/mol. The number of hydrogen-bond donors (Lipinski definition) is 1. The van der Waals surface area contributed by atoms with Gasteiger partial charge >= 0.3 is 0 Å². The summed E-state index contributed by atoms with van der Waals surface area (Å²) in [5, 5.41) is 0. The standard InChI is InChI=1S/C18H23FN4O/c1-12(22-10-8-17(20)21-2)14-7-9-23-15(13-5-4-6-13)11-16(24-3)18(14)19/h8-10,13,17H,2,4-6,11,20H2,1,3H3. The van der Waals surface area contributed by atoms with Crippen molar-refractivity contribution < 1.29 is 9.13 Å². The number of allylic oxidation sites excluding steroid dienone is 3. The van der Waals surface area contributed by atoms with E-state index in [1.165, 1.54) is 25.9 Å². The predicted octanol–water partition coefficient (Wildman–Crippen LogP) is 3.46. The van der Waals surface area contributed by atoms with Crippen LogP contribution in [-0.4, -0.2) is 31.4 Å². The van der Waals surface area contributed by atoms with Crippen molar-refractivity contribution in [1.29, 1.82) is 0 Å². The van der Waals surface area contributed by atoms with Crippen LogP contribution < -0.4 is 5.73 Å². The van der Waals surface area contributed by atoms with Gasteiger partial charge in [0.05, 0.1) is 24.6 Å². The number of nitrogens with two attached hydrogens (primary N) is 1. The van der Waals surface area contributed by atoms with Crippen molar-refractivity contribution in [2.75, 3.05) is 7.11 Å². The molecule has 0 amide bonds. The number of halogens is 1. The minimum atomic E-state index is -0.534. The molecule has 0 aromatic rings. The summed E-state index contributed by atoms with van der Waals surface area (Å²) in [6, 6.07) is 0. The van der Waals surface area contributed by atoms with E-state index in [0.717, 1.165) is 18.6 Å². The molecule has 128 valence electrons. The topological polar surface area (TPSA) is 72.3 Å². The molecule has 0 bridgehead atoms. The van der Waals surface area contributed by atoms with Gasteiger partial charge in [-0.15, -0.1) is 0 Å². The summed E-state index contributed by atoms with van der Waals surface area (Å²) in [6.07, 6.45) is 7.81. The summed E-state index contributed by atoms with van der Waals surface area (Å²) in [7, 11) is 1.47. The monoisotopic (exact) mass is 330 g/mol. The van der Waals surface area contributed by atoms with Crippen molar-refractivity contribution in [3.8, 4) is 0 Å². The lowest BCUT2D eigenvalue weighted by molar-refractivity contribution is 0.270. The molecule has 0 aromatic carbocycles. The van der Waals surface area contributed by atoms with Crippen LogP contribution in [0.3, 0.4) is 0 Å². The molecular formula is C18H23FN4O. The van der Waals surface area contributed by atoms with Gasteiger partial charge in [-0.3, -0.25) is 15.0 Å². The quantitative estimate of drug-likeness (QED) is 0.598. The van der Waals surface area contributed by atoms with Crippen LogP contribution in [0.2, 0.25) is 0 Å². The maximum Gasteiger partial charge on any atom is 0.177 e. The Kier molecular flexibility index (Phi) is 6.41. The van der Waals surface area contributed by atoms with E-state index in [2.05, 4.69) is 27.4 Å². The van der Waals surface area contributed by atoms with E-state index in [4.69, 9.17) is 10.5 Å². The molecule has 5 nitrogen and oxygen atoms in total. The third-order valence-electron chi connectivity index (χ3n) is 4.19. The molecular weight excluding hydrogens is 307 g/mol. The zero-order valence-corrected chi connectivity index (χ0v) is 14.1. The first-order valence-electron chi connectivity index (χ1n) is 7.94. The van der Waals surface area contributed by atoms with Gasteiger partial charge in [0.2, 0.25) is 0 Å². The van der Waals surface area contributed by atoms with Crippen LogP contribution in [0.25, 0.3) is 0 Å². The highest BCUT2D eigenvalue weighted by molar-refractivity contribution is 6.02. The lowest BCUT2D eigenvalue weighted by Crippen LogP contribution is -2.23. The lowest BCUT2D eigenvalue weighted by Gasteiger charge is -2.27. The highest BCUT2D eigenvalue weighted by atomic mass is 19.1. The zero-order chi connectivity index (χ0) is 17.5. The van der Waals surface area contributed by atoms with Crippen LogP contribution in [0, 0.1) is 5.92 Å². The highest BCUT2D eigenvalue weighted by Gasteiger charge is 2.26. The maximum absolute atomic E-state index is 14.8. The average Bonchev–Trinajstić information content (AvgIpc) is 2.51. The molecule has 1 aliphatic carbocycles. The van der Waals surface area contributed by atoms with E-state index in [0.29, 0.717) is 18.1 Å². The third-order valence-corrected chi connectivity index (χ3v) is 4.19. The number of methoxy groups -OCH3 is 1. The summed E-state index contributed by atoms with van der Waals surface area (Å²) >= 11 is 0. The van der Waals surface area contributed by atoms with Crippen LogP contribution in [0.4, 0.5) is 4.39 Å². The molecule has 24 heavy (non-hydrogen) atoms. The molecule has 6 heteroatoms. The van der Waals surface area contributed by atoms with Crippen molar-refractivity contribution in [2.45, 2.75) is 38.8 Å². The van der Waals surface area contributed by atoms with Crippen LogP contribution in [0.5, 0.6) is 0 Å². The normalized spacial score (nSPS) is 20.9. The number of rotatable bonds is 6. The van der Waals surface area contributed by atoms with E-state index in [1.807, 2.05) is 0 Å². The highest BCUT2D eigenvalue weighted by Crippen LogP contribution is 2.32. The second kappa shape index (κ2) is 8.52. The molecule has 1 saturated carbocycles. The summed E-state index contributed by atoms with van der Waals surface area (Å²) in [5.74, 6) is 0.230. The minimum absolute atomic E-state index is 0.230. The smallest absolute Gasteiger partial charge is 0.177 e. The molecule has 1 aliphatic heterocycles. The summed E-state index contributed by atoms with van der Waals surface area (Å²) in [6.45, 7) is 5.03. The first-order valence-corrected chi connectivity index (χ1v) is 7.94. The van der Waals surface area contributed by atoms with E-state index >= 15 is 0 Å². The largest absolute Gasteiger partial charge is 0.498 e. The number of hydrogen-bond acceptors (Lipinski definition) is 5. The zero-order valence-electron chi connectivity index (χ0n) is 14.1. The van der Waals surface area contributed by atoms with Crippen molar-refractivity contribution >= 4 is 18.1 Å². The van der Waals surface area contributed by atoms with Crippen LogP contribution in [-0.2, 0) is 4.74 Å². The Morgan fingerprint density at radius 3 is 2.92 bits per heavy atom. The van der Waals surface area contributed by atoms with Crippen molar-refractivity contribution in [3.05, 3.63) is 41.4 Å². The molecule has 2 aliphatic rings.